The molecule has 0 radical (unpaired) electrons. The van der Waals surface area contributed by atoms with Crippen LogP contribution < -0.4 is 5.56 Å². The third kappa shape index (κ3) is 3.07. The molecule has 1 aliphatic rings. The van der Waals surface area contributed by atoms with Crippen molar-refractivity contribution in [2.24, 2.45) is 0 Å². The minimum atomic E-state index is -0.438. The summed E-state index contributed by atoms with van der Waals surface area (Å²) in [7, 11) is 0. The van der Waals surface area contributed by atoms with Gasteiger partial charge in [0, 0.05) is 5.39 Å². The molecule has 1 heterocycles. The van der Waals surface area contributed by atoms with Gasteiger partial charge in [-0.05, 0) is 49.3 Å². The standard InChI is InChI=1S/C19H24N2O3/c1-4-24-17(22)11-21-19(23)15-9-8-14(13-6-5-7-13)10-16(15)18(20-21)12(2)3/h8-10,12-13H,4-7,11H2,1-3H3. The van der Waals surface area contributed by atoms with Gasteiger partial charge in [0.1, 0.15) is 6.54 Å². The van der Waals surface area contributed by atoms with Crippen LogP contribution in [0.4, 0.5) is 0 Å². The van der Waals surface area contributed by atoms with Gasteiger partial charge >= 0.3 is 5.97 Å². The van der Waals surface area contributed by atoms with Crippen molar-refractivity contribution in [1.29, 1.82) is 0 Å². The van der Waals surface area contributed by atoms with E-state index in [0.29, 0.717) is 17.9 Å². The zero-order valence-electron chi connectivity index (χ0n) is 14.5. The Morgan fingerprint density at radius 3 is 2.67 bits per heavy atom. The molecule has 3 rings (SSSR count). The first-order valence-electron chi connectivity index (χ1n) is 8.71. The number of benzene rings is 1. The van der Waals surface area contributed by atoms with E-state index in [2.05, 4.69) is 25.0 Å². The molecule has 1 aliphatic carbocycles. The number of fused-ring (bicyclic) bond motifs is 1. The van der Waals surface area contributed by atoms with Crippen molar-refractivity contribution < 1.29 is 9.53 Å². The van der Waals surface area contributed by atoms with Gasteiger partial charge in [-0.1, -0.05) is 26.3 Å². The molecule has 0 saturated heterocycles. The van der Waals surface area contributed by atoms with Crippen LogP contribution in [0.3, 0.4) is 0 Å². The maximum absolute atomic E-state index is 12.7. The van der Waals surface area contributed by atoms with E-state index in [-0.39, 0.29) is 18.0 Å². The van der Waals surface area contributed by atoms with Gasteiger partial charge in [0.25, 0.3) is 5.56 Å². The minimum Gasteiger partial charge on any atom is -0.465 e. The lowest BCUT2D eigenvalue weighted by atomic mass is 9.79. The normalized spacial score (nSPS) is 14.8. The van der Waals surface area contributed by atoms with Gasteiger partial charge in [-0.3, -0.25) is 9.59 Å². The molecule has 0 bridgehead atoms. The average Bonchev–Trinajstić information content (AvgIpc) is 2.48. The number of esters is 1. The SMILES string of the molecule is CCOC(=O)Cn1nc(C(C)C)c2cc(C3CCC3)ccc2c1=O. The Bertz CT molecular complexity index is 819. The van der Waals surface area contributed by atoms with Crippen molar-refractivity contribution in [3.8, 4) is 0 Å². The highest BCUT2D eigenvalue weighted by Crippen LogP contribution is 2.37. The molecular formula is C19H24N2O3. The van der Waals surface area contributed by atoms with E-state index in [1.807, 2.05) is 12.1 Å². The molecule has 0 amide bonds. The Morgan fingerprint density at radius 1 is 1.33 bits per heavy atom. The second kappa shape index (κ2) is 6.75. The van der Waals surface area contributed by atoms with Crippen LogP contribution in [0.1, 0.15) is 63.1 Å². The van der Waals surface area contributed by atoms with Crippen molar-refractivity contribution in [1.82, 2.24) is 9.78 Å². The topological polar surface area (TPSA) is 61.2 Å². The Balaban J connectivity index is 2.10. The Labute approximate surface area is 141 Å². The number of carbonyl (C=O) groups excluding carboxylic acids is 1. The van der Waals surface area contributed by atoms with Crippen LogP contribution >= 0.6 is 0 Å². The molecule has 0 aliphatic heterocycles. The lowest BCUT2D eigenvalue weighted by Gasteiger charge is -2.26. The number of rotatable bonds is 5. The second-order valence-electron chi connectivity index (χ2n) is 6.74. The van der Waals surface area contributed by atoms with Crippen LogP contribution in [0.15, 0.2) is 23.0 Å². The van der Waals surface area contributed by atoms with E-state index in [1.165, 1.54) is 29.5 Å². The average molecular weight is 328 g/mol. The van der Waals surface area contributed by atoms with Crippen LogP contribution in [0.25, 0.3) is 10.8 Å². The molecule has 0 N–H and O–H groups in total. The maximum atomic E-state index is 12.7. The third-order valence-corrected chi connectivity index (χ3v) is 4.72. The van der Waals surface area contributed by atoms with Gasteiger partial charge in [-0.2, -0.15) is 5.10 Å². The largest absolute Gasteiger partial charge is 0.465 e. The van der Waals surface area contributed by atoms with Crippen molar-refractivity contribution >= 4 is 16.7 Å². The summed E-state index contributed by atoms with van der Waals surface area (Å²) >= 11 is 0. The first-order valence-corrected chi connectivity index (χ1v) is 8.71. The van der Waals surface area contributed by atoms with Crippen molar-refractivity contribution in [2.75, 3.05) is 6.61 Å². The van der Waals surface area contributed by atoms with E-state index < -0.39 is 5.97 Å². The van der Waals surface area contributed by atoms with Crippen LogP contribution in [0.5, 0.6) is 0 Å². The number of hydrogen-bond acceptors (Lipinski definition) is 4. The van der Waals surface area contributed by atoms with Crippen molar-refractivity contribution in [3.05, 3.63) is 39.8 Å². The Kier molecular flexibility index (Phi) is 4.69. The molecule has 1 aromatic carbocycles. The number of nitrogens with zero attached hydrogens (tertiary/aromatic N) is 2. The van der Waals surface area contributed by atoms with Crippen LogP contribution in [-0.2, 0) is 16.1 Å². The fourth-order valence-corrected chi connectivity index (χ4v) is 3.19. The summed E-state index contributed by atoms with van der Waals surface area (Å²) < 4.78 is 6.18. The summed E-state index contributed by atoms with van der Waals surface area (Å²) in [5.74, 6) is 0.335. The zero-order chi connectivity index (χ0) is 17.3. The molecule has 1 fully saturated rings. The fourth-order valence-electron chi connectivity index (χ4n) is 3.19. The number of carbonyl (C=O) groups is 1. The lowest BCUT2D eigenvalue weighted by Crippen LogP contribution is -2.29. The summed E-state index contributed by atoms with van der Waals surface area (Å²) in [6.07, 6.45) is 3.71. The smallest absolute Gasteiger partial charge is 0.327 e. The van der Waals surface area contributed by atoms with E-state index >= 15 is 0 Å². The second-order valence-corrected chi connectivity index (χ2v) is 6.74. The predicted octanol–water partition coefficient (Wildman–Crippen LogP) is 3.35. The Morgan fingerprint density at radius 2 is 2.08 bits per heavy atom. The van der Waals surface area contributed by atoms with E-state index in [0.717, 1.165) is 11.1 Å². The van der Waals surface area contributed by atoms with Crippen molar-refractivity contribution in [2.45, 2.75) is 58.4 Å². The molecule has 1 aromatic heterocycles. The predicted molar refractivity (Wildman–Crippen MR) is 93.3 cm³/mol. The number of hydrogen-bond donors (Lipinski definition) is 0. The van der Waals surface area contributed by atoms with Gasteiger partial charge in [0.05, 0.1) is 17.7 Å². The molecule has 0 atom stereocenters. The van der Waals surface area contributed by atoms with Gasteiger partial charge in [-0.25, -0.2) is 4.68 Å². The van der Waals surface area contributed by atoms with Crippen LogP contribution in [-0.4, -0.2) is 22.4 Å². The molecule has 2 aromatic rings. The first kappa shape index (κ1) is 16.7. The molecule has 5 heteroatoms. The number of ether oxygens (including phenoxy) is 1. The summed E-state index contributed by atoms with van der Waals surface area (Å²) in [6, 6.07) is 6.06. The highest BCUT2D eigenvalue weighted by molar-refractivity contribution is 5.85. The van der Waals surface area contributed by atoms with E-state index in [1.54, 1.807) is 6.92 Å². The highest BCUT2D eigenvalue weighted by atomic mass is 16.5. The third-order valence-electron chi connectivity index (χ3n) is 4.72. The monoisotopic (exact) mass is 328 g/mol. The van der Waals surface area contributed by atoms with E-state index in [4.69, 9.17) is 4.74 Å². The summed E-state index contributed by atoms with van der Waals surface area (Å²) in [6.45, 7) is 6.00. The summed E-state index contributed by atoms with van der Waals surface area (Å²) in [5.41, 5.74) is 1.91. The van der Waals surface area contributed by atoms with Crippen LogP contribution in [0.2, 0.25) is 0 Å². The van der Waals surface area contributed by atoms with Crippen molar-refractivity contribution in [3.63, 3.8) is 0 Å². The van der Waals surface area contributed by atoms with E-state index in [9.17, 15) is 9.59 Å². The molecular weight excluding hydrogens is 304 g/mol. The quantitative estimate of drug-likeness (QED) is 0.790. The molecule has 0 unspecified atom stereocenters. The molecule has 128 valence electrons. The molecule has 24 heavy (non-hydrogen) atoms. The maximum Gasteiger partial charge on any atom is 0.327 e. The molecule has 0 spiro atoms. The first-order chi connectivity index (χ1) is 11.5. The summed E-state index contributed by atoms with van der Waals surface area (Å²) in [4.78, 5) is 24.5. The lowest BCUT2D eigenvalue weighted by molar-refractivity contribution is -0.144. The number of aromatic nitrogens is 2. The Hall–Kier alpha value is -2.17. The van der Waals surface area contributed by atoms with Gasteiger partial charge < -0.3 is 4.74 Å². The van der Waals surface area contributed by atoms with Gasteiger partial charge in [-0.15, -0.1) is 0 Å². The molecule has 5 nitrogen and oxygen atoms in total. The zero-order valence-corrected chi connectivity index (χ0v) is 14.5. The minimum absolute atomic E-state index is 0.146. The summed E-state index contributed by atoms with van der Waals surface area (Å²) in [5, 5.41) is 6.01. The van der Waals surface area contributed by atoms with Gasteiger partial charge in [0.15, 0.2) is 0 Å². The van der Waals surface area contributed by atoms with Crippen LogP contribution in [0, 0.1) is 0 Å². The highest BCUT2D eigenvalue weighted by Gasteiger charge is 2.22. The van der Waals surface area contributed by atoms with Gasteiger partial charge in [0.2, 0.25) is 0 Å². The fraction of sp³-hybridized carbons (Fsp3) is 0.526. The molecule has 1 saturated carbocycles.